The Kier molecular flexibility index (Phi) is 6.39. The summed E-state index contributed by atoms with van der Waals surface area (Å²) in [7, 11) is 3.13. The monoisotopic (exact) mass is 342 g/mol. The molecule has 0 aromatic heterocycles. The number of hydrazone groups is 1. The first kappa shape index (κ1) is 18.3. The average molecular weight is 342 g/mol. The number of carbonyl (C=O) groups excluding carboxylic acids is 1. The molecule has 0 aliphatic heterocycles. The van der Waals surface area contributed by atoms with Crippen LogP contribution in [0.15, 0.2) is 41.5 Å². The molecule has 0 unspecified atom stereocenters. The van der Waals surface area contributed by atoms with Gasteiger partial charge in [0.15, 0.2) is 18.1 Å². The number of nitrogens with one attached hydrogen (secondary N) is 1. The van der Waals surface area contributed by atoms with E-state index in [-0.39, 0.29) is 12.5 Å². The number of hydrogen-bond donors (Lipinski definition) is 1. The molecule has 0 saturated heterocycles. The average Bonchev–Trinajstić information content (AvgIpc) is 2.59. The Morgan fingerprint density at radius 2 is 1.72 bits per heavy atom. The summed E-state index contributed by atoms with van der Waals surface area (Å²) in [6.07, 6.45) is 1.52. The van der Waals surface area contributed by atoms with Crippen molar-refractivity contribution in [1.29, 1.82) is 0 Å². The predicted octanol–water partition coefficient (Wildman–Crippen LogP) is 2.85. The molecule has 2 aromatic carbocycles. The van der Waals surface area contributed by atoms with Crippen LogP contribution in [0.1, 0.15) is 16.7 Å². The van der Waals surface area contributed by atoms with Crippen LogP contribution >= 0.6 is 0 Å². The minimum absolute atomic E-state index is 0.105. The molecule has 6 nitrogen and oxygen atoms in total. The molecule has 0 fully saturated rings. The second-order valence-corrected chi connectivity index (χ2v) is 5.52. The lowest BCUT2D eigenvalue weighted by Gasteiger charge is -2.08. The largest absolute Gasteiger partial charge is 0.493 e. The van der Waals surface area contributed by atoms with Crippen molar-refractivity contribution < 1.29 is 19.0 Å². The van der Waals surface area contributed by atoms with Crippen LogP contribution in [-0.4, -0.2) is 32.9 Å². The topological polar surface area (TPSA) is 69.2 Å². The van der Waals surface area contributed by atoms with Gasteiger partial charge < -0.3 is 14.2 Å². The fourth-order valence-electron chi connectivity index (χ4n) is 2.31. The Bertz CT molecular complexity index is 752. The number of ether oxygens (including phenoxy) is 3. The van der Waals surface area contributed by atoms with E-state index in [1.807, 2.05) is 38.1 Å². The molecular formula is C19H22N2O4. The summed E-state index contributed by atoms with van der Waals surface area (Å²) in [4.78, 5) is 11.8. The van der Waals surface area contributed by atoms with E-state index >= 15 is 0 Å². The van der Waals surface area contributed by atoms with Crippen molar-refractivity contribution in [3.05, 3.63) is 53.1 Å². The molecule has 1 amide bonds. The number of methoxy groups -OCH3 is 2. The predicted molar refractivity (Wildman–Crippen MR) is 96.7 cm³/mol. The van der Waals surface area contributed by atoms with Crippen molar-refractivity contribution >= 4 is 12.1 Å². The Hall–Kier alpha value is -3.02. The van der Waals surface area contributed by atoms with Crippen LogP contribution in [0.25, 0.3) is 0 Å². The van der Waals surface area contributed by atoms with E-state index < -0.39 is 0 Å². The normalized spacial score (nSPS) is 10.6. The Labute approximate surface area is 147 Å². The van der Waals surface area contributed by atoms with E-state index in [4.69, 9.17) is 14.2 Å². The van der Waals surface area contributed by atoms with Gasteiger partial charge in [0.2, 0.25) is 0 Å². The molecule has 132 valence electrons. The summed E-state index contributed by atoms with van der Waals surface area (Å²) in [6.45, 7) is 3.85. The van der Waals surface area contributed by atoms with Crippen LogP contribution in [0.3, 0.4) is 0 Å². The number of hydrogen-bond acceptors (Lipinski definition) is 5. The minimum Gasteiger partial charge on any atom is -0.493 e. The number of amides is 1. The van der Waals surface area contributed by atoms with Crippen LogP contribution < -0.4 is 19.6 Å². The second-order valence-electron chi connectivity index (χ2n) is 5.52. The molecule has 2 rings (SSSR count). The van der Waals surface area contributed by atoms with Crippen molar-refractivity contribution in [2.24, 2.45) is 5.10 Å². The molecule has 1 N–H and O–H groups in total. The highest BCUT2D eigenvalue weighted by Gasteiger charge is 2.04. The van der Waals surface area contributed by atoms with Gasteiger partial charge in [0.05, 0.1) is 20.4 Å². The van der Waals surface area contributed by atoms with Crippen molar-refractivity contribution in [3.63, 3.8) is 0 Å². The Morgan fingerprint density at radius 3 is 2.36 bits per heavy atom. The highest BCUT2D eigenvalue weighted by molar-refractivity contribution is 5.83. The molecule has 2 aromatic rings. The van der Waals surface area contributed by atoms with Gasteiger partial charge in [-0.1, -0.05) is 6.07 Å². The molecular weight excluding hydrogens is 320 g/mol. The summed E-state index contributed by atoms with van der Waals surface area (Å²) in [6, 6.07) is 11.1. The molecule has 0 radical (unpaired) electrons. The highest BCUT2D eigenvalue weighted by atomic mass is 16.5. The highest BCUT2D eigenvalue weighted by Crippen LogP contribution is 2.26. The first-order valence-corrected chi connectivity index (χ1v) is 7.77. The first-order valence-electron chi connectivity index (χ1n) is 7.77. The number of rotatable bonds is 7. The molecule has 0 atom stereocenters. The van der Waals surface area contributed by atoms with Crippen LogP contribution in [0.5, 0.6) is 17.2 Å². The maximum atomic E-state index is 11.8. The van der Waals surface area contributed by atoms with E-state index in [0.29, 0.717) is 17.2 Å². The maximum Gasteiger partial charge on any atom is 0.277 e. The van der Waals surface area contributed by atoms with Crippen molar-refractivity contribution in [2.45, 2.75) is 13.8 Å². The second kappa shape index (κ2) is 8.73. The third kappa shape index (κ3) is 5.53. The third-order valence-corrected chi connectivity index (χ3v) is 3.38. The molecule has 6 heteroatoms. The summed E-state index contributed by atoms with van der Waals surface area (Å²) < 4.78 is 15.9. The van der Waals surface area contributed by atoms with Crippen LogP contribution in [0.4, 0.5) is 0 Å². The maximum absolute atomic E-state index is 11.8. The van der Waals surface area contributed by atoms with Gasteiger partial charge in [-0.25, -0.2) is 5.43 Å². The first-order chi connectivity index (χ1) is 12.0. The smallest absolute Gasteiger partial charge is 0.277 e. The molecule has 0 aliphatic carbocycles. The van der Waals surface area contributed by atoms with E-state index in [0.717, 1.165) is 16.7 Å². The Balaban J connectivity index is 1.88. The standard InChI is InChI=1S/C19H22N2O4/c1-13-7-14(2)9-16(8-13)25-12-19(22)21-20-11-15-5-6-17(23-3)18(10-15)24-4/h5-11H,12H2,1-4H3,(H,21,22)/b20-11-. The molecule has 0 heterocycles. The molecule has 0 bridgehead atoms. The summed E-state index contributed by atoms with van der Waals surface area (Å²) in [5, 5.41) is 3.92. The van der Waals surface area contributed by atoms with Gasteiger partial charge in [0.25, 0.3) is 5.91 Å². The summed E-state index contributed by atoms with van der Waals surface area (Å²) in [5.41, 5.74) is 5.37. The zero-order valence-corrected chi connectivity index (χ0v) is 14.8. The zero-order valence-electron chi connectivity index (χ0n) is 14.8. The van der Waals surface area contributed by atoms with Gasteiger partial charge in [-0.15, -0.1) is 0 Å². The van der Waals surface area contributed by atoms with E-state index in [2.05, 4.69) is 10.5 Å². The van der Waals surface area contributed by atoms with E-state index in [1.165, 1.54) is 6.21 Å². The van der Waals surface area contributed by atoms with E-state index in [1.54, 1.807) is 26.4 Å². The Morgan fingerprint density at radius 1 is 1.04 bits per heavy atom. The molecule has 0 saturated carbocycles. The van der Waals surface area contributed by atoms with Gasteiger partial charge in [0, 0.05) is 0 Å². The molecule has 0 spiro atoms. The molecule has 25 heavy (non-hydrogen) atoms. The van der Waals surface area contributed by atoms with Crippen LogP contribution in [0, 0.1) is 13.8 Å². The lowest BCUT2D eigenvalue weighted by molar-refractivity contribution is -0.123. The van der Waals surface area contributed by atoms with Gasteiger partial charge in [-0.05, 0) is 60.9 Å². The van der Waals surface area contributed by atoms with Crippen molar-refractivity contribution in [3.8, 4) is 17.2 Å². The quantitative estimate of drug-likeness (QED) is 0.620. The zero-order chi connectivity index (χ0) is 18.2. The van der Waals surface area contributed by atoms with Crippen molar-refractivity contribution in [2.75, 3.05) is 20.8 Å². The number of nitrogens with zero attached hydrogens (tertiary/aromatic N) is 1. The van der Waals surface area contributed by atoms with Crippen molar-refractivity contribution in [1.82, 2.24) is 5.43 Å². The minimum atomic E-state index is -0.337. The van der Waals surface area contributed by atoms with Gasteiger partial charge in [-0.3, -0.25) is 4.79 Å². The number of benzene rings is 2. The van der Waals surface area contributed by atoms with Crippen LogP contribution in [-0.2, 0) is 4.79 Å². The van der Waals surface area contributed by atoms with Crippen LogP contribution in [0.2, 0.25) is 0 Å². The lowest BCUT2D eigenvalue weighted by atomic mass is 10.1. The summed E-state index contributed by atoms with van der Waals surface area (Å²) in [5.74, 6) is 1.55. The van der Waals surface area contributed by atoms with E-state index in [9.17, 15) is 4.79 Å². The van der Waals surface area contributed by atoms with Gasteiger partial charge >= 0.3 is 0 Å². The third-order valence-electron chi connectivity index (χ3n) is 3.38. The lowest BCUT2D eigenvalue weighted by Crippen LogP contribution is -2.24. The summed E-state index contributed by atoms with van der Waals surface area (Å²) >= 11 is 0. The van der Waals surface area contributed by atoms with Gasteiger partial charge in [0.1, 0.15) is 5.75 Å². The fourth-order valence-corrected chi connectivity index (χ4v) is 2.31. The number of carbonyl (C=O) groups is 1. The molecule has 0 aliphatic rings. The van der Waals surface area contributed by atoms with Gasteiger partial charge in [-0.2, -0.15) is 5.10 Å². The fraction of sp³-hybridized carbons (Fsp3) is 0.263. The number of aryl methyl sites for hydroxylation is 2. The SMILES string of the molecule is COc1ccc(/C=N\NC(=O)COc2cc(C)cc(C)c2)cc1OC.